The number of hydrogen-bond donors (Lipinski definition) is 1. The van der Waals surface area contributed by atoms with Crippen molar-refractivity contribution in [2.45, 2.75) is 31.6 Å². The molecule has 1 aromatic rings. The van der Waals surface area contributed by atoms with Gasteiger partial charge in [0.1, 0.15) is 5.75 Å². The maximum absolute atomic E-state index is 12.0. The first-order valence-electron chi connectivity index (χ1n) is 6.04. The fraction of sp³-hybridized carbons (Fsp3) is 0.429. The van der Waals surface area contributed by atoms with Gasteiger partial charge in [-0.25, -0.2) is 0 Å². The van der Waals surface area contributed by atoms with Gasteiger partial charge < -0.3 is 10.3 Å². The lowest BCUT2D eigenvalue weighted by Crippen LogP contribution is -2.06. The SMILES string of the molecule is CCCC[S+]([O-])c1cccc(C(C)=CCN)c1. The summed E-state index contributed by atoms with van der Waals surface area (Å²) < 4.78 is 12.0. The molecule has 2 N–H and O–H groups in total. The highest BCUT2D eigenvalue weighted by molar-refractivity contribution is 7.91. The Hall–Kier alpha value is -0.770. The van der Waals surface area contributed by atoms with Crippen molar-refractivity contribution in [3.63, 3.8) is 0 Å². The Morgan fingerprint density at radius 3 is 2.88 bits per heavy atom. The second-order valence-electron chi connectivity index (χ2n) is 4.05. The molecule has 0 aliphatic rings. The minimum atomic E-state index is -0.873. The van der Waals surface area contributed by atoms with Gasteiger partial charge in [-0.15, -0.1) is 0 Å². The molecule has 94 valence electrons. The van der Waals surface area contributed by atoms with E-state index in [1.54, 1.807) is 0 Å². The molecule has 0 aliphatic heterocycles. The van der Waals surface area contributed by atoms with Crippen LogP contribution < -0.4 is 5.73 Å². The first kappa shape index (κ1) is 14.3. The molecule has 3 heteroatoms. The van der Waals surface area contributed by atoms with Crippen LogP contribution in [0.25, 0.3) is 5.57 Å². The quantitative estimate of drug-likeness (QED) is 0.790. The van der Waals surface area contributed by atoms with E-state index in [4.69, 9.17) is 5.73 Å². The maximum atomic E-state index is 12.0. The van der Waals surface area contributed by atoms with Crippen molar-refractivity contribution in [2.24, 2.45) is 5.73 Å². The smallest absolute Gasteiger partial charge is 0.153 e. The van der Waals surface area contributed by atoms with Crippen molar-refractivity contribution in [1.82, 2.24) is 0 Å². The van der Waals surface area contributed by atoms with Crippen molar-refractivity contribution in [3.05, 3.63) is 35.9 Å². The van der Waals surface area contributed by atoms with Gasteiger partial charge in [-0.2, -0.15) is 0 Å². The van der Waals surface area contributed by atoms with E-state index in [0.29, 0.717) is 6.54 Å². The number of nitrogens with two attached hydrogens (primary N) is 1. The second-order valence-corrected chi connectivity index (χ2v) is 5.62. The van der Waals surface area contributed by atoms with E-state index < -0.39 is 11.2 Å². The topological polar surface area (TPSA) is 49.1 Å². The van der Waals surface area contributed by atoms with Crippen molar-refractivity contribution in [1.29, 1.82) is 0 Å². The molecular formula is C14H21NOS. The molecule has 0 amide bonds. The predicted octanol–water partition coefficient (Wildman–Crippen LogP) is 2.96. The van der Waals surface area contributed by atoms with Crippen molar-refractivity contribution >= 4 is 16.7 Å². The highest BCUT2D eigenvalue weighted by atomic mass is 32.2. The number of hydrogen-bond acceptors (Lipinski definition) is 2. The molecule has 2 nitrogen and oxygen atoms in total. The van der Waals surface area contributed by atoms with Gasteiger partial charge in [0.15, 0.2) is 4.90 Å². The van der Waals surface area contributed by atoms with Crippen LogP contribution >= 0.6 is 0 Å². The average Bonchev–Trinajstić information content (AvgIpc) is 2.36. The van der Waals surface area contributed by atoms with Crippen LogP contribution in [0, 0.1) is 0 Å². The third-order valence-corrected chi connectivity index (χ3v) is 4.10. The lowest BCUT2D eigenvalue weighted by atomic mass is 10.1. The largest absolute Gasteiger partial charge is 0.611 e. The van der Waals surface area contributed by atoms with E-state index in [1.807, 2.05) is 37.3 Å². The van der Waals surface area contributed by atoms with Gasteiger partial charge in [0.05, 0.1) is 0 Å². The lowest BCUT2D eigenvalue weighted by molar-refractivity contribution is 0.591. The molecule has 17 heavy (non-hydrogen) atoms. The number of unbranched alkanes of at least 4 members (excludes halogenated alkanes) is 1. The minimum Gasteiger partial charge on any atom is -0.611 e. The van der Waals surface area contributed by atoms with E-state index in [-0.39, 0.29) is 0 Å². The number of rotatable bonds is 6. The predicted molar refractivity (Wildman–Crippen MR) is 75.3 cm³/mol. The zero-order valence-corrected chi connectivity index (χ0v) is 11.4. The summed E-state index contributed by atoms with van der Waals surface area (Å²) in [5, 5.41) is 0. The summed E-state index contributed by atoms with van der Waals surface area (Å²) in [6.07, 6.45) is 4.07. The Morgan fingerprint density at radius 1 is 1.47 bits per heavy atom. The zero-order chi connectivity index (χ0) is 12.7. The van der Waals surface area contributed by atoms with Crippen LogP contribution in [0.5, 0.6) is 0 Å². The van der Waals surface area contributed by atoms with Gasteiger partial charge in [0, 0.05) is 12.6 Å². The summed E-state index contributed by atoms with van der Waals surface area (Å²) in [6, 6.07) is 7.93. The van der Waals surface area contributed by atoms with Gasteiger partial charge in [-0.05, 0) is 41.7 Å². The molecule has 1 unspecified atom stereocenters. The standard InChI is InChI=1S/C14H21NOS/c1-3-4-10-17(16)14-7-5-6-13(11-14)12(2)8-9-15/h5-8,11H,3-4,9-10,15H2,1-2H3. The molecule has 0 aromatic heterocycles. The van der Waals surface area contributed by atoms with Crippen LogP contribution in [0.1, 0.15) is 32.3 Å². The van der Waals surface area contributed by atoms with E-state index in [0.717, 1.165) is 34.6 Å². The molecule has 0 fully saturated rings. The summed E-state index contributed by atoms with van der Waals surface area (Å²) in [7, 11) is 0. The summed E-state index contributed by atoms with van der Waals surface area (Å²) >= 11 is -0.873. The second kappa shape index (κ2) is 7.54. The maximum Gasteiger partial charge on any atom is 0.153 e. The summed E-state index contributed by atoms with van der Waals surface area (Å²) in [4.78, 5) is 0.917. The van der Waals surface area contributed by atoms with Crippen molar-refractivity contribution in [3.8, 4) is 0 Å². The molecule has 0 spiro atoms. The van der Waals surface area contributed by atoms with E-state index in [1.165, 1.54) is 0 Å². The molecule has 0 bridgehead atoms. The number of allylic oxidation sites excluding steroid dienone is 1. The summed E-state index contributed by atoms with van der Waals surface area (Å²) in [6.45, 7) is 4.68. The summed E-state index contributed by atoms with van der Waals surface area (Å²) in [5.74, 6) is 0.750. The van der Waals surface area contributed by atoms with Crippen molar-refractivity contribution < 1.29 is 4.55 Å². The molecule has 1 rings (SSSR count). The molecular weight excluding hydrogens is 230 g/mol. The van der Waals surface area contributed by atoms with Gasteiger partial charge in [-0.3, -0.25) is 0 Å². The third kappa shape index (κ3) is 4.54. The van der Waals surface area contributed by atoms with Crippen LogP contribution in [-0.2, 0) is 11.2 Å². The highest BCUT2D eigenvalue weighted by Gasteiger charge is 2.10. The van der Waals surface area contributed by atoms with Gasteiger partial charge in [0.25, 0.3) is 0 Å². The van der Waals surface area contributed by atoms with Gasteiger partial charge in [-0.1, -0.05) is 31.6 Å². The molecule has 0 radical (unpaired) electrons. The first-order valence-corrected chi connectivity index (χ1v) is 7.36. The highest BCUT2D eigenvalue weighted by Crippen LogP contribution is 2.19. The normalized spacial score (nSPS) is 13.8. The fourth-order valence-electron chi connectivity index (χ4n) is 1.57. The molecule has 0 aliphatic carbocycles. The first-order chi connectivity index (χ1) is 8.19. The minimum absolute atomic E-state index is 0.537. The van der Waals surface area contributed by atoms with Crippen LogP contribution in [-0.4, -0.2) is 16.9 Å². The molecule has 1 atom stereocenters. The van der Waals surface area contributed by atoms with Gasteiger partial charge in [0.2, 0.25) is 0 Å². The van der Waals surface area contributed by atoms with Crippen molar-refractivity contribution in [2.75, 3.05) is 12.3 Å². The van der Waals surface area contributed by atoms with E-state index >= 15 is 0 Å². The van der Waals surface area contributed by atoms with Crippen LogP contribution in [0.15, 0.2) is 35.2 Å². The molecule has 0 heterocycles. The Bertz CT molecular complexity index is 376. The molecule has 0 saturated heterocycles. The zero-order valence-electron chi connectivity index (χ0n) is 10.6. The third-order valence-electron chi connectivity index (χ3n) is 2.66. The van der Waals surface area contributed by atoms with E-state index in [2.05, 4.69) is 6.92 Å². The number of benzene rings is 1. The summed E-state index contributed by atoms with van der Waals surface area (Å²) in [5.41, 5.74) is 7.74. The Balaban J connectivity index is 2.81. The van der Waals surface area contributed by atoms with E-state index in [9.17, 15) is 4.55 Å². The molecule has 0 saturated carbocycles. The Labute approximate surface area is 107 Å². The van der Waals surface area contributed by atoms with Gasteiger partial charge >= 0.3 is 0 Å². The monoisotopic (exact) mass is 251 g/mol. The lowest BCUT2D eigenvalue weighted by Gasteiger charge is -2.11. The Kier molecular flexibility index (Phi) is 6.34. The molecule has 1 aromatic carbocycles. The Morgan fingerprint density at radius 2 is 2.24 bits per heavy atom. The fourth-order valence-corrected chi connectivity index (χ4v) is 2.85. The van der Waals surface area contributed by atoms with Crippen LogP contribution in [0.3, 0.4) is 0 Å². The average molecular weight is 251 g/mol. The van der Waals surface area contributed by atoms with Crippen LogP contribution in [0.4, 0.5) is 0 Å². The van der Waals surface area contributed by atoms with Crippen LogP contribution in [0.2, 0.25) is 0 Å².